The van der Waals surface area contributed by atoms with E-state index in [4.69, 9.17) is 4.74 Å². The molecule has 4 aromatic rings. The standard InChI is InChI=1S/C25H24N2O/c1-18(2)21-9-6-19(7-10-21)4-5-20-8-15-25-24(16-20)26-17-27(25)22-11-13-23(28-3)14-12-22/h4-18H,1-3H3/b5-4+. The van der Waals surface area contributed by atoms with Crippen LogP contribution in [-0.2, 0) is 0 Å². The van der Waals surface area contributed by atoms with E-state index in [1.54, 1.807) is 7.11 Å². The molecule has 0 bridgehead atoms. The van der Waals surface area contributed by atoms with Crippen molar-refractivity contribution < 1.29 is 4.74 Å². The molecular weight excluding hydrogens is 344 g/mol. The number of hydrogen-bond acceptors (Lipinski definition) is 2. The molecule has 0 unspecified atom stereocenters. The van der Waals surface area contributed by atoms with Crippen LogP contribution in [0.25, 0.3) is 28.9 Å². The first-order valence-corrected chi connectivity index (χ1v) is 9.53. The van der Waals surface area contributed by atoms with Gasteiger partial charge in [0.2, 0.25) is 0 Å². The molecule has 1 aromatic heterocycles. The van der Waals surface area contributed by atoms with Gasteiger partial charge >= 0.3 is 0 Å². The third-order valence-electron chi connectivity index (χ3n) is 4.99. The van der Waals surface area contributed by atoms with Crippen molar-refractivity contribution in [1.82, 2.24) is 9.55 Å². The molecule has 3 heteroatoms. The Labute approximate surface area is 165 Å². The smallest absolute Gasteiger partial charge is 0.119 e. The van der Waals surface area contributed by atoms with Gasteiger partial charge in [0, 0.05) is 5.69 Å². The summed E-state index contributed by atoms with van der Waals surface area (Å²) in [6.45, 7) is 4.43. The SMILES string of the molecule is COc1ccc(-n2cnc3cc(/C=C/c4ccc(C(C)C)cc4)ccc32)cc1. The molecule has 0 spiro atoms. The number of imidazole rings is 1. The Morgan fingerprint density at radius 2 is 1.54 bits per heavy atom. The van der Waals surface area contributed by atoms with Crippen molar-refractivity contribution in [1.29, 1.82) is 0 Å². The van der Waals surface area contributed by atoms with E-state index >= 15 is 0 Å². The molecule has 3 nitrogen and oxygen atoms in total. The summed E-state index contributed by atoms with van der Waals surface area (Å²) in [5, 5.41) is 0. The minimum atomic E-state index is 0.557. The normalized spacial score (nSPS) is 11.6. The molecule has 0 amide bonds. The van der Waals surface area contributed by atoms with Crippen molar-refractivity contribution in [2.75, 3.05) is 7.11 Å². The maximum absolute atomic E-state index is 5.24. The lowest BCUT2D eigenvalue weighted by atomic mass is 10.0. The van der Waals surface area contributed by atoms with Gasteiger partial charge in [0.05, 0.1) is 18.1 Å². The second-order valence-electron chi connectivity index (χ2n) is 7.22. The zero-order valence-electron chi connectivity index (χ0n) is 16.5. The average molecular weight is 368 g/mol. The summed E-state index contributed by atoms with van der Waals surface area (Å²) in [6.07, 6.45) is 6.15. The lowest BCUT2D eigenvalue weighted by Gasteiger charge is -2.06. The second kappa shape index (κ2) is 7.73. The molecule has 3 aromatic carbocycles. The van der Waals surface area contributed by atoms with Gasteiger partial charge in [-0.05, 0) is 59.0 Å². The number of methoxy groups -OCH3 is 1. The van der Waals surface area contributed by atoms with E-state index in [9.17, 15) is 0 Å². The molecule has 0 aliphatic rings. The van der Waals surface area contributed by atoms with Crippen molar-refractivity contribution >= 4 is 23.2 Å². The summed E-state index contributed by atoms with van der Waals surface area (Å²) < 4.78 is 7.33. The zero-order valence-corrected chi connectivity index (χ0v) is 16.5. The Morgan fingerprint density at radius 3 is 2.21 bits per heavy atom. The van der Waals surface area contributed by atoms with Gasteiger partial charge in [0.1, 0.15) is 12.1 Å². The van der Waals surface area contributed by atoms with Gasteiger partial charge in [-0.1, -0.05) is 56.3 Å². The highest BCUT2D eigenvalue weighted by atomic mass is 16.5. The predicted octanol–water partition coefficient (Wildman–Crippen LogP) is 6.33. The maximum Gasteiger partial charge on any atom is 0.119 e. The third-order valence-corrected chi connectivity index (χ3v) is 4.99. The second-order valence-corrected chi connectivity index (χ2v) is 7.22. The first-order valence-electron chi connectivity index (χ1n) is 9.53. The van der Waals surface area contributed by atoms with Crippen LogP contribution in [0.5, 0.6) is 5.75 Å². The molecule has 28 heavy (non-hydrogen) atoms. The number of hydrogen-bond donors (Lipinski definition) is 0. The monoisotopic (exact) mass is 368 g/mol. The van der Waals surface area contributed by atoms with E-state index in [0.717, 1.165) is 28.0 Å². The molecule has 0 radical (unpaired) electrons. The first-order chi connectivity index (χ1) is 13.6. The topological polar surface area (TPSA) is 27.1 Å². The summed E-state index contributed by atoms with van der Waals surface area (Å²) in [5.41, 5.74) is 6.84. The van der Waals surface area contributed by atoms with Crippen molar-refractivity contribution in [3.63, 3.8) is 0 Å². The lowest BCUT2D eigenvalue weighted by molar-refractivity contribution is 0.415. The van der Waals surface area contributed by atoms with Gasteiger partial charge in [-0.25, -0.2) is 4.98 Å². The molecule has 0 saturated heterocycles. The van der Waals surface area contributed by atoms with E-state index in [1.807, 2.05) is 30.6 Å². The number of nitrogens with zero attached hydrogens (tertiary/aromatic N) is 2. The Bertz CT molecular complexity index is 1100. The zero-order chi connectivity index (χ0) is 19.5. The molecule has 1 heterocycles. The third kappa shape index (κ3) is 3.70. The highest BCUT2D eigenvalue weighted by Gasteiger charge is 2.05. The van der Waals surface area contributed by atoms with E-state index in [1.165, 1.54) is 11.1 Å². The van der Waals surface area contributed by atoms with Crippen LogP contribution in [0.15, 0.2) is 73.1 Å². The van der Waals surface area contributed by atoms with Crippen molar-refractivity contribution in [3.8, 4) is 11.4 Å². The van der Waals surface area contributed by atoms with Gasteiger partial charge in [-0.15, -0.1) is 0 Å². The van der Waals surface area contributed by atoms with Gasteiger partial charge in [-0.2, -0.15) is 0 Å². The van der Waals surface area contributed by atoms with E-state index < -0.39 is 0 Å². The summed E-state index contributed by atoms with van der Waals surface area (Å²) in [5.74, 6) is 1.41. The number of fused-ring (bicyclic) bond motifs is 1. The fraction of sp³-hybridized carbons (Fsp3) is 0.160. The van der Waals surface area contributed by atoms with Gasteiger partial charge < -0.3 is 4.74 Å². The summed E-state index contributed by atoms with van der Waals surface area (Å²) >= 11 is 0. The van der Waals surface area contributed by atoms with Crippen LogP contribution in [0.1, 0.15) is 36.5 Å². The molecule has 0 fully saturated rings. The van der Waals surface area contributed by atoms with Crippen molar-refractivity contribution in [2.45, 2.75) is 19.8 Å². The van der Waals surface area contributed by atoms with E-state index in [0.29, 0.717) is 5.92 Å². The average Bonchev–Trinajstić information content (AvgIpc) is 3.16. The molecule has 0 aliphatic carbocycles. The minimum absolute atomic E-state index is 0.557. The van der Waals surface area contributed by atoms with Gasteiger partial charge in [0.15, 0.2) is 0 Å². The van der Waals surface area contributed by atoms with Gasteiger partial charge in [-0.3, -0.25) is 4.57 Å². The fourth-order valence-electron chi connectivity index (χ4n) is 3.27. The molecule has 0 N–H and O–H groups in total. The summed E-state index contributed by atoms with van der Waals surface area (Å²) in [7, 11) is 1.68. The van der Waals surface area contributed by atoms with Gasteiger partial charge in [0.25, 0.3) is 0 Å². The lowest BCUT2D eigenvalue weighted by Crippen LogP contribution is -1.92. The molecule has 0 saturated carbocycles. The fourth-order valence-corrected chi connectivity index (χ4v) is 3.27. The van der Waals surface area contributed by atoms with Crippen LogP contribution >= 0.6 is 0 Å². The van der Waals surface area contributed by atoms with Crippen LogP contribution in [-0.4, -0.2) is 16.7 Å². The molecular formula is C25H24N2O. The first kappa shape index (κ1) is 18.1. The van der Waals surface area contributed by atoms with Crippen LogP contribution in [0.3, 0.4) is 0 Å². The Hall–Kier alpha value is -3.33. The summed E-state index contributed by atoms with van der Waals surface area (Å²) in [4.78, 5) is 4.58. The summed E-state index contributed by atoms with van der Waals surface area (Å²) in [6, 6.07) is 23.1. The molecule has 0 atom stereocenters. The van der Waals surface area contributed by atoms with Crippen molar-refractivity contribution in [3.05, 3.63) is 89.7 Å². The molecule has 4 rings (SSSR count). The predicted molar refractivity (Wildman–Crippen MR) is 117 cm³/mol. The van der Waals surface area contributed by atoms with Crippen LogP contribution in [0, 0.1) is 0 Å². The largest absolute Gasteiger partial charge is 0.497 e. The number of rotatable bonds is 5. The Morgan fingerprint density at radius 1 is 0.857 bits per heavy atom. The van der Waals surface area contributed by atoms with E-state index in [2.05, 4.69) is 78.0 Å². The van der Waals surface area contributed by atoms with E-state index in [-0.39, 0.29) is 0 Å². The van der Waals surface area contributed by atoms with Crippen LogP contribution in [0.4, 0.5) is 0 Å². The van der Waals surface area contributed by atoms with Crippen LogP contribution in [0.2, 0.25) is 0 Å². The number of ether oxygens (including phenoxy) is 1. The molecule has 0 aliphatic heterocycles. The highest BCUT2D eigenvalue weighted by Crippen LogP contribution is 2.22. The Kier molecular flexibility index (Phi) is 4.98. The highest BCUT2D eigenvalue weighted by molar-refractivity contribution is 5.82. The quantitative estimate of drug-likeness (QED) is 0.385. The maximum atomic E-state index is 5.24. The molecule has 140 valence electrons. The number of aromatic nitrogens is 2. The minimum Gasteiger partial charge on any atom is -0.497 e. The van der Waals surface area contributed by atoms with Crippen molar-refractivity contribution in [2.24, 2.45) is 0 Å². The number of benzene rings is 3. The van der Waals surface area contributed by atoms with Crippen LogP contribution < -0.4 is 4.74 Å². The Balaban J connectivity index is 1.58.